The summed E-state index contributed by atoms with van der Waals surface area (Å²) < 4.78 is 0. The molecule has 2 aromatic rings. The van der Waals surface area contributed by atoms with Gasteiger partial charge in [0, 0.05) is 11.8 Å². The van der Waals surface area contributed by atoms with Gasteiger partial charge >= 0.3 is 0 Å². The highest BCUT2D eigenvalue weighted by atomic mass is 14.7. The lowest BCUT2D eigenvalue weighted by Gasteiger charge is -2.01. The molecule has 1 nitrogen and oxygen atoms in total. The first kappa shape index (κ1) is 15.3. The molecule has 0 atom stereocenters. The van der Waals surface area contributed by atoms with Crippen LogP contribution in [0.15, 0.2) is 42.6 Å². The first-order valence-corrected chi connectivity index (χ1v) is 7.81. The van der Waals surface area contributed by atoms with Gasteiger partial charge in [0.2, 0.25) is 0 Å². The van der Waals surface area contributed by atoms with E-state index >= 15 is 0 Å². The van der Waals surface area contributed by atoms with Crippen LogP contribution in [-0.2, 0) is 6.42 Å². The van der Waals surface area contributed by atoms with Crippen molar-refractivity contribution < 1.29 is 0 Å². The highest BCUT2D eigenvalue weighted by Gasteiger charge is 1.94. The second-order valence-corrected chi connectivity index (χ2v) is 5.48. The van der Waals surface area contributed by atoms with Gasteiger partial charge in [0.25, 0.3) is 0 Å². The first-order chi connectivity index (χ1) is 10.3. The molecule has 108 valence electrons. The van der Waals surface area contributed by atoms with Gasteiger partial charge in [-0.1, -0.05) is 50.3 Å². The number of aryl methyl sites for hydroxylation is 2. The largest absolute Gasteiger partial charge is 0.248 e. The second-order valence-electron chi connectivity index (χ2n) is 5.48. The zero-order valence-electron chi connectivity index (χ0n) is 13.0. The summed E-state index contributed by atoms with van der Waals surface area (Å²) in [6.45, 7) is 4.28. The van der Waals surface area contributed by atoms with Gasteiger partial charge in [0.1, 0.15) is 5.69 Å². The van der Waals surface area contributed by atoms with Crippen LogP contribution in [0, 0.1) is 18.8 Å². The summed E-state index contributed by atoms with van der Waals surface area (Å²) in [7, 11) is 0. The molecule has 0 fully saturated rings. The summed E-state index contributed by atoms with van der Waals surface area (Å²) in [4.78, 5) is 4.30. The van der Waals surface area contributed by atoms with Gasteiger partial charge in [-0.05, 0) is 55.0 Å². The quantitative estimate of drug-likeness (QED) is 0.559. The minimum absolute atomic E-state index is 0.823. The molecule has 0 unspecified atom stereocenters. The summed E-state index contributed by atoms with van der Waals surface area (Å²) in [6, 6.07) is 12.6. The number of aromatic nitrogens is 1. The molecule has 1 heterocycles. The fourth-order valence-electron chi connectivity index (χ4n) is 2.19. The minimum Gasteiger partial charge on any atom is -0.248 e. The van der Waals surface area contributed by atoms with Gasteiger partial charge in [0.05, 0.1) is 0 Å². The van der Waals surface area contributed by atoms with Crippen LogP contribution in [-0.4, -0.2) is 4.98 Å². The van der Waals surface area contributed by atoms with E-state index in [-0.39, 0.29) is 0 Å². The lowest BCUT2D eigenvalue weighted by molar-refractivity contribution is 0.667. The van der Waals surface area contributed by atoms with Crippen molar-refractivity contribution in [1.82, 2.24) is 4.98 Å². The van der Waals surface area contributed by atoms with Crippen LogP contribution in [0.3, 0.4) is 0 Å². The Morgan fingerprint density at radius 3 is 2.38 bits per heavy atom. The van der Waals surface area contributed by atoms with Crippen molar-refractivity contribution in [3.8, 4) is 11.8 Å². The SMILES string of the molecule is CCCCCCc1ccc(C#Cc2ccc(C)cn2)cc1. The van der Waals surface area contributed by atoms with E-state index in [2.05, 4.69) is 48.0 Å². The summed E-state index contributed by atoms with van der Waals surface area (Å²) >= 11 is 0. The molecule has 0 spiro atoms. The van der Waals surface area contributed by atoms with Gasteiger partial charge < -0.3 is 0 Å². The number of nitrogens with zero attached hydrogens (tertiary/aromatic N) is 1. The van der Waals surface area contributed by atoms with Gasteiger partial charge in [0.15, 0.2) is 0 Å². The van der Waals surface area contributed by atoms with Crippen LogP contribution in [0.25, 0.3) is 0 Å². The monoisotopic (exact) mass is 277 g/mol. The van der Waals surface area contributed by atoms with E-state index in [1.807, 2.05) is 25.3 Å². The van der Waals surface area contributed by atoms with Crippen LogP contribution in [0.4, 0.5) is 0 Å². The molecule has 0 aliphatic heterocycles. The molecular weight excluding hydrogens is 254 g/mol. The minimum atomic E-state index is 0.823. The summed E-state index contributed by atoms with van der Waals surface area (Å²) in [5.41, 5.74) is 4.44. The van der Waals surface area contributed by atoms with E-state index in [9.17, 15) is 0 Å². The van der Waals surface area contributed by atoms with Crippen molar-refractivity contribution in [1.29, 1.82) is 0 Å². The average molecular weight is 277 g/mol. The van der Waals surface area contributed by atoms with Crippen LogP contribution in [0.2, 0.25) is 0 Å². The summed E-state index contributed by atoms with van der Waals surface area (Å²) in [6.07, 6.45) is 8.27. The van der Waals surface area contributed by atoms with E-state index in [4.69, 9.17) is 0 Å². The summed E-state index contributed by atoms with van der Waals surface area (Å²) in [5, 5.41) is 0. The smallest absolute Gasteiger partial charge is 0.113 e. The Bertz CT molecular complexity index is 597. The molecule has 0 bridgehead atoms. The third kappa shape index (κ3) is 5.44. The predicted molar refractivity (Wildman–Crippen MR) is 89.2 cm³/mol. The third-order valence-corrected chi connectivity index (χ3v) is 3.52. The molecule has 2 rings (SSSR count). The van der Waals surface area contributed by atoms with Gasteiger partial charge in [-0.15, -0.1) is 0 Å². The Balaban J connectivity index is 1.92. The lowest BCUT2D eigenvalue weighted by atomic mass is 10.0. The highest BCUT2D eigenvalue weighted by molar-refractivity contribution is 5.41. The van der Waals surface area contributed by atoms with Crippen molar-refractivity contribution in [2.75, 3.05) is 0 Å². The van der Waals surface area contributed by atoms with Crippen molar-refractivity contribution in [2.24, 2.45) is 0 Å². The van der Waals surface area contributed by atoms with Crippen LogP contribution in [0.1, 0.15) is 55.0 Å². The van der Waals surface area contributed by atoms with Gasteiger partial charge in [-0.2, -0.15) is 0 Å². The molecule has 1 aromatic carbocycles. The molecule has 21 heavy (non-hydrogen) atoms. The predicted octanol–water partition coefficient (Wildman–Crippen LogP) is 4.91. The topological polar surface area (TPSA) is 12.9 Å². The van der Waals surface area contributed by atoms with E-state index in [0.717, 1.165) is 16.8 Å². The molecule has 0 N–H and O–H groups in total. The molecule has 1 heteroatoms. The maximum Gasteiger partial charge on any atom is 0.113 e. The fraction of sp³-hybridized carbons (Fsp3) is 0.350. The van der Waals surface area contributed by atoms with E-state index in [0.29, 0.717) is 0 Å². The molecule has 0 aliphatic rings. The number of pyridine rings is 1. The highest BCUT2D eigenvalue weighted by Crippen LogP contribution is 2.09. The van der Waals surface area contributed by atoms with Crippen LogP contribution < -0.4 is 0 Å². The third-order valence-electron chi connectivity index (χ3n) is 3.52. The Kier molecular flexibility index (Phi) is 6.03. The average Bonchev–Trinajstić information content (AvgIpc) is 2.52. The number of hydrogen-bond donors (Lipinski definition) is 0. The zero-order chi connectivity index (χ0) is 14.9. The molecule has 0 amide bonds. The van der Waals surface area contributed by atoms with E-state index in [1.54, 1.807) is 0 Å². The van der Waals surface area contributed by atoms with Crippen molar-refractivity contribution in [3.05, 3.63) is 65.0 Å². The maximum absolute atomic E-state index is 4.30. The number of rotatable bonds is 5. The summed E-state index contributed by atoms with van der Waals surface area (Å²) in [5.74, 6) is 6.28. The number of benzene rings is 1. The van der Waals surface area contributed by atoms with Crippen molar-refractivity contribution >= 4 is 0 Å². The van der Waals surface area contributed by atoms with Crippen LogP contribution >= 0.6 is 0 Å². The number of hydrogen-bond acceptors (Lipinski definition) is 1. The zero-order valence-corrected chi connectivity index (χ0v) is 13.0. The standard InChI is InChI=1S/C20H23N/c1-3-4-5-6-7-18-9-11-19(12-10-18)13-15-20-14-8-17(2)16-21-20/h8-12,14,16H,3-7H2,1-2H3. The fourth-order valence-corrected chi connectivity index (χ4v) is 2.19. The van der Waals surface area contributed by atoms with Gasteiger partial charge in [-0.3, -0.25) is 0 Å². The first-order valence-electron chi connectivity index (χ1n) is 7.81. The van der Waals surface area contributed by atoms with Crippen molar-refractivity contribution in [2.45, 2.75) is 46.0 Å². The Labute approximate surface area is 128 Å². The molecular formula is C20H23N. The maximum atomic E-state index is 4.30. The molecule has 0 radical (unpaired) electrons. The molecule has 1 aromatic heterocycles. The van der Waals surface area contributed by atoms with Gasteiger partial charge in [-0.25, -0.2) is 4.98 Å². The second kappa shape index (κ2) is 8.27. The molecule has 0 saturated heterocycles. The van der Waals surface area contributed by atoms with E-state index in [1.165, 1.54) is 37.7 Å². The molecule has 0 saturated carbocycles. The Hall–Kier alpha value is -2.07. The normalized spacial score (nSPS) is 10.0. The van der Waals surface area contributed by atoms with E-state index < -0.39 is 0 Å². The Morgan fingerprint density at radius 1 is 0.905 bits per heavy atom. The molecule has 0 aliphatic carbocycles. The Morgan fingerprint density at radius 2 is 1.71 bits per heavy atom. The lowest BCUT2D eigenvalue weighted by Crippen LogP contribution is -1.86. The van der Waals surface area contributed by atoms with Crippen molar-refractivity contribution in [3.63, 3.8) is 0 Å². The van der Waals surface area contributed by atoms with Crippen LogP contribution in [0.5, 0.6) is 0 Å². The number of unbranched alkanes of at least 4 members (excludes halogenated alkanes) is 3.